The molecule has 1 heterocycles. The van der Waals surface area contributed by atoms with Crippen LogP contribution in [0.15, 0.2) is 23.1 Å². The highest BCUT2D eigenvalue weighted by Gasteiger charge is 2.14. The fraction of sp³-hybridized carbons (Fsp3) is 0.625. The Hall–Kier alpha value is -1.07. The largest absolute Gasteiger partial charge is 0.490 e. The molecule has 21 heavy (non-hydrogen) atoms. The summed E-state index contributed by atoms with van der Waals surface area (Å²) in [7, 11) is -0.991. The van der Waals surface area contributed by atoms with Gasteiger partial charge in [0.25, 0.3) is 0 Å². The van der Waals surface area contributed by atoms with Gasteiger partial charge in [-0.15, -0.1) is 0 Å². The SMILES string of the molecule is CC(C)(C)NCCCS(=O)c1ccc2c(c1)OCCCO2. The van der Waals surface area contributed by atoms with Gasteiger partial charge in [0.05, 0.1) is 24.0 Å². The molecule has 1 unspecified atom stereocenters. The third-order valence-electron chi connectivity index (χ3n) is 3.14. The Balaban J connectivity index is 1.89. The van der Waals surface area contributed by atoms with Crippen molar-refractivity contribution < 1.29 is 13.7 Å². The van der Waals surface area contributed by atoms with E-state index in [1.807, 2.05) is 18.2 Å². The lowest BCUT2D eigenvalue weighted by Gasteiger charge is -2.20. The Morgan fingerprint density at radius 1 is 1.19 bits per heavy atom. The molecule has 2 rings (SSSR count). The maximum absolute atomic E-state index is 12.3. The summed E-state index contributed by atoms with van der Waals surface area (Å²) in [6.07, 6.45) is 1.77. The van der Waals surface area contributed by atoms with Gasteiger partial charge in [0.15, 0.2) is 11.5 Å². The van der Waals surface area contributed by atoms with Crippen molar-refractivity contribution in [2.45, 2.75) is 44.0 Å². The molecule has 0 saturated heterocycles. The number of fused-ring (bicyclic) bond motifs is 1. The molecule has 0 radical (unpaired) electrons. The number of ether oxygens (including phenoxy) is 2. The van der Waals surface area contributed by atoms with Gasteiger partial charge in [-0.1, -0.05) is 0 Å². The van der Waals surface area contributed by atoms with Crippen LogP contribution in [0, 0.1) is 0 Å². The molecule has 0 amide bonds. The first-order valence-electron chi connectivity index (χ1n) is 7.49. The number of hydrogen-bond donors (Lipinski definition) is 1. The molecule has 1 aliphatic rings. The van der Waals surface area contributed by atoms with Crippen molar-refractivity contribution in [2.24, 2.45) is 0 Å². The van der Waals surface area contributed by atoms with Crippen molar-refractivity contribution in [3.8, 4) is 11.5 Å². The van der Waals surface area contributed by atoms with Crippen molar-refractivity contribution in [1.82, 2.24) is 5.32 Å². The van der Waals surface area contributed by atoms with Crippen LogP contribution in [-0.2, 0) is 10.8 Å². The van der Waals surface area contributed by atoms with Gasteiger partial charge < -0.3 is 14.8 Å². The Morgan fingerprint density at radius 2 is 1.90 bits per heavy atom. The van der Waals surface area contributed by atoms with Crippen LogP contribution in [0.3, 0.4) is 0 Å². The van der Waals surface area contributed by atoms with Gasteiger partial charge in [-0.25, -0.2) is 0 Å². The first-order valence-corrected chi connectivity index (χ1v) is 8.81. The Labute approximate surface area is 129 Å². The molecule has 1 aromatic rings. The molecule has 1 aromatic carbocycles. The number of hydrogen-bond acceptors (Lipinski definition) is 4. The average Bonchev–Trinajstić information content (AvgIpc) is 2.66. The standard InChI is InChI=1S/C16H25NO3S/c1-16(2,3)17-8-4-11-21(18)13-6-7-14-15(12-13)20-10-5-9-19-14/h6-7,12,17H,4-5,8-11H2,1-3H3. The van der Waals surface area contributed by atoms with Gasteiger partial charge in [-0.2, -0.15) is 0 Å². The van der Waals surface area contributed by atoms with Gasteiger partial charge in [0.1, 0.15) is 0 Å². The molecule has 0 fully saturated rings. The lowest BCUT2D eigenvalue weighted by Crippen LogP contribution is -2.36. The van der Waals surface area contributed by atoms with Crippen molar-refractivity contribution in [3.63, 3.8) is 0 Å². The van der Waals surface area contributed by atoms with E-state index in [9.17, 15) is 4.21 Å². The van der Waals surface area contributed by atoms with E-state index in [2.05, 4.69) is 26.1 Å². The third-order valence-corrected chi connectivity index (χ3v) is 4.58. The average molecular weight is 311 g/mol. The minimum atomic E-state index is -0.991. The summed E-state index contributed by atoms with van der Waals surface area (Å²) in [6, 6.07) is 5.59. The monoisotopic (exact) mass is 311 g/mol. The smallest absolute Gasteiger partial charge is 0.162 e. The fourth-order valence-electron chi connectivity index (χ4n) is 2.07. The highest BCUT2D eigenvalue weighted by molar-refractivity contribution is 7.85. The van der Waals surface area contributed by atoms with Gasteiger partial charge in [-0.05, 0) is 45.9 Å². The molecular weight excluding hydrogens is 286 g/mol. The first kappa shape index (κ1) is 16.3. The second kappa shape index (κ2) is 7.27. The van der Waals surface area contributed by atoms with E-state index in [0.717, 1.165) is 30.0 Å². The second-order valence-corrected chi connectivity index (χ2v) is 7.81. The van der Waals surface area contributed by atoms with Crippen LogP contribution < -0.4 is 14.8 Å². The van der Waals surface area contributed by atoms with Crippen LogP contribution in [-0.4, -0.2) is 35.3 Å². The van der Waals surface area contributed by atoms with Crippen LogP contribution in [0.5, 0.6) is 11.5 Å². The van der Waals surface area contributed by atoms with E-state index in [4.69, 9.17) is 9.47 Å². The van der Waals surface area contributed by atoms with Crippen molar-refractivity contribution in [2.75, 3.05) is 25.5 Å². The van der Waals surface area contributed by atoms with E-state index in [1.165, 1.54) is 0 Å². The molecule has 0 bridgehead atoms. The van der Waals surface area contributed by atoms with E-state index in [-0.39, 0.29) is 5.54 Å². The van der Waals surface area contributed by atoms with Crippen LogP contribution >= 0.6 is 0 Å². The molecule has 5 heteroatoms. The normalized spacial score (nSPS) is 16.3. The topological polar surface area (TPSA) is 47.6 Å². The van der Waals surface area contributed by atoms with E-state index < -0.39 is 10.8 Å². The predicted octanol–water partition coefficient (Wildman–Crippen LogP) is 2.73. The Bertz CT molecular complexity index is 497. The molecule has 1 atom stereocenters. The van der Waals surface area contributed by atoms with E-state index >= 15 is 0 Å². The molecule has 0 saturated carbocycles. The predicted molar refractivity (Wildman–Crippen MR) is 85.7 cm³/mol. The quantitative estimate of drug-likeness (QED) is 0.850. The highest BCUT2D eigenvalue weighted by atomic mass is 32.2. The summed E-state index contributed by atoms with van der Waals surface area (Å²) in [4.78, 5) is 0.815. The minimum Gasteiger partial charge on any atom is -0.490 e. The van der Waals surface area contributed by atoms with Crippen molar-refractivity contribution in [3.05, 3.63) is 18.2 Å². The van der Waals surface area contributed by atoms with Crippen LogP contribution in [0.25, 0.3) is 0 Å². The van der Waals surface area contributed by atoms with Gasteiger partial charge in [0, 0.05) is 28.7 Å². The highest BCUT2D eigenvalue weighted by Crippen LogP contribution is 2.31. The molecule has 0 spiro atoms. The summed E-state index contributed by atoms with van der Waals surface area (Å²) < 4.78 is 23.6. The van der Waals surface area contributed by atoms with Gasteiger partial charge >= 0.3 is 0 Å². The van der Waals surface area contributed by atoms with Crippen molar-refractivity contribution in [1.29, 1.82) is 0 Å². The van der Waals surface area contributed by atoms with Gasteiger partial charge in [-0.3, -0.25) is 4.21 Å². The summed E-state index contributed by atoms with van der Waals surface area (Å²) >= 11 is 0. The zero-order valence-corrected chi connectivity index (χ0v) is 13.9. The third kappa shape index (κ3) is 5.32. The fourth-order valence-corrected chi connectivity index (χ4v) is 3.17. The van der Waals surface area contributed by atoms with E-state index in [1.54, 1.807) is 0 Å². The summed E-state index contributed by atoms with van der Waals surface area (Å²) in [6.45, 7) is 8.60. The van der Waals surface area contributed by atoms with Crippen LogP contribution in [0.2, 0.25) is 0 Å². The maximum Gasteiger partial charge on any atom is 0.162 e. The molecule has 1 aliphatic heterocycles. The summed E-state index contributed by atoms with van der Waals surface area (Å²) in [5, 5.41) is 3.41. The molecule has 0 aliphatic carbocycles. The maximum atomic E-state index is 12.3. The molecule has 0 aromatic heterocycles. The van der Waals surface area contributed by atoms with Crippen LogP contribution in [0.1, 0.15) is 33.6 Å². The Morgan fingerprint density at radius 3 is 2.62 bits per heavy atom. The molecule has 118 valence electrons. The second-order valence-electron chi connectivity index (χ2n) is 6.24. The molecule has 1 N–H and O–H groups in total. The lowest BCUT2D eigenvalue weighted by atomic mass is 10.1. The zero-order valence-electron chi connectivity index (χ0n) is 13.1. The Kier molecular flexibility index (Phi) is 5.65. The summed E-state index contributed by atoms with van der Waals surface area (Å²) in [5.74, 6) is 2.12. The zero-order chi connectivity index (χ0) is 15.3. The summed E-state index contributed by atoms with van der Waals surface area (Å²) in [5.41, 5.74) is 0.108. The number of nitrogens with one attached hydrogen (secondary N) is 1. The first-order chi connectivity index (χ1) is 9.96. The lowest BCUT2D eigenvalue weighted by molar-refractivity contribution is 0.297. The van der Waals surface area contributed by atoms with Crippen LogP contribution in [0.4, 0.5) is 0 Å². The molecular formula is C16H25NO3S. The molecule has 4 nitrogen and oxygen atoms in total. The number of rotatable bonds is 5. The van der Waals surface area contributed by atoms with Crippen molar-refractivity contribution >= 4 is 10.8 Å². The minimum absolute atomic E-state index is 0.108. The van der Waals surface area contributed by atoms with Gasteiger partial charge in [0.2, 0.25) is 0 Å². The van der Waals surface area contributed by atoms with E-state index in [0.29, 0.717) is 24.7 Å². The number of benzene rings is 1.